The number of nitrogens with one attached hydrogen (secondary N) is 1. The molecule has 1 aromatic heterocycles. The molecule has 0 saturated carbocycles. The third-order valence-corrected chi connectivity index (χ3v) is 5.68. The summed E-state index contributed by atoms with van der Waals surface area (Å²) in [6.07, 6.45) is 6.46. The molecule has 1 N–H and O–H groups in total. The molecular formula is C20H26N4O. The quantitative estimate of drug-likeness (QED) is 0.923. The molecule has 2 aromatic rings. The maximum absolute atomic E-state index is 11.8. The maximum Gasteiger partial charge on any atom is 0.268 e. The minimum Gasteiger partial charge on any atom is -0.370 e. The molecule has 1 saturated heterocycles. The Hall–Kier alpha value is -2.14. The van der Waals surface area contributed by atoms with Crippen LogP contribution in [0, 0.1) is 5.92 Å². The van der Waals surface area contributed by atoms with Crippen molar-refractivity contribution in [2.75, 3.05) is 24.5 Å². The van der Waals surface area contributed by atoms with E-state index in [1.807, 2.05) is 0 Å². The molecule has 0 bridgehead atoms. The van der Waals surface area contributed by atoms with Gasteiger partial charge >= 0.3 is 0 Å². The van der Waals surface area contributed by atoms with Crippen molar-refractivity contribution in [1.29, 1.82) is 0 Å². The first-order valence-corrected chi connectivity index (χ1v) is 9.27. The van der Waals surface area contributed by atoms with Crippen LogP contribution in [-0.2, 0) is 19.9 Å². The van der Waals surface area contributed by atoms with Gasteiger partial charge in [0.2, 0.25) is 0 Å². The second kappa shape index (κ2) is 7.00. The van der Waals surface area contributed by atoms with Gasteiger partial charge in [-0.3, -0.25) is 4.79 Å². The zero-order chi connectivity index (χ0) is 17.2. The van der Waals surface area contributed by atoms with Gasteiger partial charge in [-0.1, -0.05) is 24.3 Å². The predicted octanol–water partition coefficient (Wildman–Crippen LogP) is 1.75. The fourth-order valence-corrected chi connectivity index (χ4v) is 4.06. The Morgan fingerprint density at radius 1 is 1.16 bits per heavy atom. The number of hydrogen-bond donors (Lipinski definition) is 1. The lowest BCUT2D eigenvalue weighted by Crippen LogP contribution is -2.40. The Bertz CT molecular complexity index is 767. The molecule has 0 spiro atoms. The van der Waals surface area contributed by atoms with E-state index >= 15 is 0 Å². The van der Waals surface area contributed by atoms with Gasteiger partial charge in [0.25, 0.3) is 5.56 Å². The number of piperidine rings is 1. The van der Waals surface area contributed by atoms with Gasteiger partial charge in [-0.2, -0.15) is 5.10 Å². The molecule has 1 aromatic carbocycles. The number of hydrogen-bond acceptors (Lipinski definition) is 4. The molecule has 2 aliphatic rings. The molecule has 132 valence electrons. The molecule has 5 heteroatoms. The predicted molar refractivity (Wildman–Crippen MR) is 100 cm³/mol. The Balaban J connectivity index is 1.26. The van der Waals surface area contributed by atoms with Gasteiger partial charge < -0.3 is 10.2 Å². The molecule has 1 fully saturated rings. The molecule has 25 heavy (non-hydrogen) atoms. The maximum atomic E-state index is 11.8. The molecule has 1 aliphatic heterocycles. The van der Waals surface area contributed by atoms with Crippen molar-refractivity contribution >= 4 is 5.69 Å². The van der Waals surface area contributed by atoms with Crippen molar-refractivity contribution in [2.45, 2.75) is 31.7 Å². The van der Waals surface area contributed by atoms with E-state index in [9.17, 15) is 4.79 Å². The SMILES string of the molecule is Cn1ncc(N2CCC(CNC3Cc4ccccc4C3)CC2)cc1=O. The van der Waals surface area contributed by atoms with Crippen LogP contribution in [0.2, 0.25) is 0 Å². The smallest absolute Gasteiger partial charge is 0.268 e. The normalized spacial score (nSPS) is 18.5. The van der Waals surface area contributed by atoms with Crippen LogP contribution in [0.4, 0.5) is 5.69 Å². The van der Waals surface area contributed by atoms with Gasteiger partial charge in [-0.05, 0) is 49.3 Å². The van der Waals surface area contributed by atoms with Crippen LogP contribution in [0.1, 0.15) is 24.0 Å². The number of anilines is 1. The lowest BCUT2D eigenvalue weighted by molar-refractivity contribution is 0.362. The molecule has 2 heterocycles. The lowest BCUT2D eigenvalue weighted by Gasteiger charge is -2.33. The summed E-state index contributed by atoms with van der Waals surface area (Å²) in [4.78, 5) is 14.0. The van der Waals surface area contributed by atoms with Gasteiger partial charge in [-0.25, -0.2) is 4.68 Å². The summed E-state index contributed by atoms with van der Waals surface area (Å²) in [7, 11) is 1.69. The van der Waals surface area contributed by atoms with Crippen LogP contribution in [0.3, 0.4) is 0 Å². The third kappa shape index (κ3) is 3.61. The van der Waals surface area contributed by atoms with Crippen molar-refractivity contribution in [3.05, 3.63) is 58.0 Å². The number of benzene rings is 1. The van der Waals surface area contributed by atoms with Crippen molar-refractivity contribution in [2.24, 2.45) is 13.0 Å². The van der Waals surface area contributed by atoms with Gasteiger partial charge in [0.1, 0.15) is 0 Å². The summed E-state index contributed by atoms with van der Waals surface area (Å²) < 4.78 is 1.37. The van der Waals surface area contributed by atoms with Crippen LogP contribution in [0.15, 0.2) is 41.3 Å². The van der Waals surface area contributed by atoms with E-state index in [4.69, 9.17) is 0 Å². The minimum atomic E-state index is -0.0397. The Morgan fingerprint density at radius 3 is 2.48 bits per heavy atom. The number of aryl methyl sites for hydroxylation is 1. The van der Waals surface area contributed by atoms with Crippen LogP contribution in [-0.4, -0.2) is 35.5 Å². The highest BCUT2D eigenvalue weighted by molar-refractivity contribution is 5.43. The van der Waals surface area contributed by atoms with Crippen molar-refractivity contribution in [3.8, 4) is 0 Å². The van der Waals surface area contributed by atoms with Crippen LogP contribution in [0.25, 0.3) is 0 Å². The van der Waals surface area contributed by atoms with Gasteiger partial charge in [-0.15, -0.1) is 0 Å². The number of nitrogens with zero attached hydrogens (tertiary/aromatic N) is 3. The highest BCUT2D eigenvalue weighted by Crippen LogP contribution is 2.24. The molecule has 4 rings (SSSR count). The van der Waals surface area contributed by atoms with Gasteiger partial charge in [0.15, 0.2) is 0 Å². The fourth-order valence-electron chi connectivity index (χ4n) is 4.06. The molecule has 5 nitrogen and oxygen atoms in total. The van der Waals surface area contributed by atoms with Crippen molar-refractivity contribution in [3.63, 3.8) is 0 Å². The Kier molecular flexibility index (Phi) is 4.57. The summed E-state index contributed by atoms with van der Waals surface area (Å²) in [6.45, 7) is 3.11. The summed E-state index contributed by atoms with van der Waals surface area (Å²) in [5, 5.41) is 7.92. The average Bonchev–Trinajstić information content (AvgIpc) is 3.06. The second-order valence-electron chi connectivity index (χ2n) is 7.39. The van der Waals surface area contributed by atoms with Gasteiger partial charge in [0, 0.05) is 32.2 Å². The monoisotopic (exact) mass is 338 g/mol. The molecule has 0 atom stereocenters. The summed E-state index contributed by atoms with van der Waals surface area (Å²) in [5.74, 6) is 0.722. The van der Waals surface area contributed by atoms with E-state index in [0.29, 0.717) is 6.04 Å². The summed E-state index contributed by atoms with van der Waals surface area (Å²) >= 11 is 0. The first-order valence-electron chi connectivity index (χ1n) is 9.27. The Morgan fingerprint density at radius 2 is 1.84 bits per heavy atom. The van der Waals surface area contributed by atoms with E-state index in [0.717, 1.165) is 44.1 Å². The molecule has 1 aliphatic carbocycles. The first kappa shape index (κ1) is 16.3. The molecule has 0 radical (unpaired) electrons. The average molecular weight is 338 g/mol. The summed E-state index contributed by atoms with van der Waals surface area (Å²) in [5.41, 5.74) is 3.93. The fraction of sp³-hybridized carbons (Fsp3) is 0.500. The lowest BCUT2D eigenvalue weighted by atomic mass is 9.96. The number of rotatable bonds is 4. The highest BCUT2D eigenvalue weighted by Gasteiger charge is 2.24. The first-order chi connectivity index (χ1) is 12.2. The zero-order valence-electron chi connectivity index (χ0n) is 14.8. The molecule has 0 unspecified atom stereocenters. The van der Waals surface area contributed by atoms with Crippen LogP contribution < -0.4 is 15.8 Å². The van der Waals surface area contributed by atoms with Crippen molar-refractivity contribution in [1.82, 2.24) is 15.1 Å². The van der Waals surface area contributed by atoms with E-state index in [1.165, 1.54) is 28.7 Å². The van der Waals surface area contributed by atoms with E-state index in [2.05, 4.69) is 39.6 Å². The van der Waals surface area contributed by atoms with E-state index in [1.54, 1.807) is 19.3 Å². The van der Waals surface area contributed by atoms with E-state index < -0.39 is 0 Å². The van der Waals surface area contributed by atoms with Gasteiger partial charge in [0.05, 0.1) is 11.9 Å². The highest BCUT2D eigenvalue weighted by atomic mass is 16.1. The molecular weight excluding hydrogens is 312 g/mol. The Labute approximate surface area is 148 Å². The largest absolute Gasteiger partial charge is 0.370 e. The number of fused-ring (bicyclic) bond motifs is 1. The molecule has 0 amide bonds. The standard InChI is InChI=1S/C20H26N4O/c1-23-20(25)12-19(14-22-23)24-8-6-15(7-9-24)13-21-18-10-16-4-2-3-5-17(16)11-18/h2-5,12,14-15,18,21H,6-11,13H2,1H3. The number of aromatic nitrogens is 2. The summed E-state index contributed by atoms with van der Waals surface area (Å²) in [6, 6.07) is 11.1. The topological polar surface area (TPSA) is 50.2 Å². The van der Waals surface area contributed by atoms with Crippen LogP contribution in [0.5, 0.6) is 0 Å². The second-order valence-corrected chi connectivity index (χ2v) is 7.39. The zero-order valence-corrected chi connectivity index (χ0v) is 14.8. The van der Waals surface area contributed by atoms with Crippen LogP contribution >= 0.6 is 0 Å². The van der Waals surface area contributed by atoms with Crippen molar-refractivity contribution < 1.29 is 0 Å². The van der Waals surface area contributed by atoms with E-state index in [-0.39, 0.29) is 5.56 Å². The minimum absolute atomic E-state index is 0.0397. The third-order valence-electron chi connectivity index (χ3n) is 5.68.